The van der Waals surface area contributed by atoms with E-state index in [4.69, 9.17) is 11.6 Å². The molecule has 3 heteroatoms. The van der Waals surface area contributed by atoms with Gasteiger partial charge < -0.3 is 10.3 Å². The second-order valence-corrected chi connectivity index (χ2v) is 5.57. The van der Waals surface area contributed by atoms with Gasteiger partial charge in [-0.25, -0.2) is 0 Å². The molecule has 1 aromatic carbocycles. The van der Waals surface area contributed by atoms with Crippen LogP contribution in [-0.4, -0.2) is 10.5 Å². The van der Waals surface area contributed by atoms with E-state index in [0.29, 0.717) is 0 Å². The van der Waals surface area contributed by atoms with Crippen LogP contribution in [0.4, 0.5) is 0 Å². The third-order valence-corrected chi connectivity index (χ3v) is 3.66. The van der Waals surface area contributed by atoms with Crippen molar-refractivity contribution in [3.05, 3.63) is 34.5 Å². The minimum Gasteiger partial charge on any atom is -0.356 e. The maximum absolute atomic E-state index is 6.20. The molecular formula is C13H15ClN2. The summed E-state index contributed by atoms with van der Waals surface area (Å²) in [7, 11) is 0. The summed E-state index contributed by atoms with van der Waals surface area (Å²) < 4.78 is 0. The van der Waals surface area contributed by atoms with Crippen molar-refractivity contribution in [2.45, 2.75) is 32.4 Å². The number of aromatic amines is 1. The zero-order valence-electron chi connectivity index (χ0n) is 9.52. The summed E-state index contributed by atoms with van der Waals surface area (Å²) in [4.78, 5) is 3.43. The number of H-pyrrole nitrogens is 1. The molecular weight excluding hydrogens is 220 g/mol. The predicted molar refractivity (Wildman–Crippen MR) is 67.9 cm³/mol. The smallest absolute Gasteiger partial charge is 0.0648 e. The summed E-state index contributed by atoms with van der Waals surface area (Å²) in [5, 5.41) is 5.61. The van der Waals surface area contributed by atoms with Gasteiger partial charge in [0.25, 0.3) is 0 Å². The first-order valence-corrected chi connectivity index (χ1v) is 5.98. The van der Waals surface area contributed by atoms with Gasteiger partial charge >= 0.3 is 0 Å². The highest BCUT2D eigenvalue weighted by Crippen LogP contribution is 2.32. The van der Waals surface area contributed by atoms with Crippen molar-refractivity contribution in [2.75, 3.05) is 0 Å². The van der Waals surface area contributed by atoms with Crippen LogP contribution >= 0.6 is 11.6 Å². The summed E-state index contributed by atoms with van der Waals surface area (Å²) >= 11 is 6.20. The van der Waals surface area contributed by atoms with Crippen LogP contribution in [0.1, 0.15) is 25.1 Å². The minimum absolute atomic E-state index is 0.171. The number of aromatic nitrogens is 1. The summed E-state index contributed by atoms with van der Waals surface area (Å²) in [5.74, 6) is 0. The molecule has 0 aliphatic carbocycles. The fraction of sp³-hybridized carbons (Fsp3) is 0.385. The van der Waals surface area contributed by atoms with E-state index in [1.54, 1.807) is 0 Å². The third kappa shape index (κ3) is 1.45. The fourth-order valence-corrected chi connectivity index (χ4v) is 2.70. The molecule has 0 spiro atoms. The molecule has 0 amide bonds. The molecule has 2 heterocycles. The van der Waals surface area contributed by atoms with E-state index < -0.39 is 0 Å². The van der Waals surface area contributed by atoms with Crippen molar-refractivity contribution >= 4 is 22.5 Å². The van der Waals surface area contributed by atoms with Crippen molar-refractivity contribution in [2.24, 2.45) is 0 Å². The molecule has 0 radical (unpaired) electrons. The topological polar surface area (TPSA) is 27.8 Å². The van der Waals surface area contributed by atoms with E-state index in [2.05, 4.69) is 30.2 Å². The number of para-hydroxylation sites is 1. The monoisotopic (exact) mass is 234 g/mol. The summed E-state index contributed by atoms with van der Waals surface area (Å²) in [6.45, 7) is 5.37. The highest BCUT2D eigenvalue weighted by Gasteiger charge is 2.27. The summed E-state index contributed by atoms with van der Waals surface area (Å²) in [6, 6.07) is 6.11. The number of benzene rings is 1. The maximum Gasteiger partial charge on any atom is 0.0648 e. The number of hydrogen-bond acceptors (Lipinski definition) is 1. The lowest BCUT2D eigenvalue weighted by atomic mass is 9.89. The van der Waals surface area contributed by atoms with Gasteiger partial charge in [-0.3, -0.25) is 0 Å². The van der Waals surface area contributed by atoms with Gasteiger partial charge in [0.15, 0.2) is 0 Å². The van der Waals surface area contributed by atoms with Crippen molar-refractivity contribution in [1.29, 1.82) is 0 Å². The Balaban J connectivity index is 2.26. The second kappa shape index (κ2) is 3.25. The summed E-state index contributed by atoms with van der Waals surface area (Å²) in [6.07, 6.45) is 1.04. The Morgan fingerprint density at radius 1 is 1.31 bits per heavy atom. The molecule has 2 aromatic rings. The van der Waals surface area contributed by atoms with Crippen LogP contribution in [0.25, 0.3) is 10.9 Å². The largest absolute Gasteiger partial charge is 0.356 e. The summed E-state index contributed by atoms with van der Waals surface area (Å²) in [5.41, 5.74) is 3.95. The number of halogens is 1. The highest BCUT2D eigenvalue weighted by atomic mass is 35.5. The first kappa shape index (κ1) is 10.2. The Bertz CT molecular complexity index is 554. The zero-order chi connectivity index (χ0) is 11.3. The van der Waals surface area contributed by atoms with Gasteiger partial charge in [0.2, 0.25) is 0 Å². The zero-order valence-corrected chi connectivity index (χ0v) is 10.3. The first-order valence-electron chi connectivity index (χ1n) is 5.60. The standard InChI is InChI=1S/C13H15ClN2/c1-13(2)6-9-8-4-3-5-10(14)12(8)16-11(9)7-15-13/h3-5,15-16H,6-7H2,1-2H3. The van der Waals surface area contributed by atoms with Gasteiger partial charge in [-0.2, -0.15) is 0 Å². The average molecular weight is 235 g/mol. The quantitative estimate of drug-likeness (QED) is 0.720. The SMILES string of the molecule is CC1(C)Cc2c([nH]c3c(Cl)cccc23)CN1. The number of rotatable bonds is 0. The van der Waals surface area contributed by atoms with E-state index in [9.17, 15) is 0 Å². The van der Waals surface area contributed by atoms with Gasteiger partial charge in [0.05, 0.1) is 10.5 Å². The molecule has 0 fully saturated rings. The van der Waals surface area contributed by atoms with Gasteiger partial charge in [0.1, 0.15) is 0 Å². The first-order chi connectivity index (χ1) is 7.57. The van der Waals surface area contributed by atoms with E-state index in [1.165, 1.54) is 16.6 Å². The Morgan fingerprint density at radius 2 is 2.12 bits per heavy atom. The predicted octanol–water partition coefficient (Wildman–Crippen LogP) is 3.25. The van der Waals surface area contributed by atoms with Crippen LogP contribution in [0.2, 0.25) is 5.02 Å². The van der Waals surface area contributed by atoms with Crippen LogP contribution in [0.5, 0.6) is 0 Å². The van der Waals surface area contributed by atoms with Crippen molar-refractivity contribution in [1.82, 2.24) is 10.3 Å². The third-order valence-electron chi connectivity index (χ3n) is 3.34. The Morgan fingerprint density at radius 3 is 2.94 bits per heavy atom. The molecule has 1 aromatic heterocycles. The molecule has 0 atom stereocenters. The average Bonchev–Trinajstić information content (AvgIpc) is 2.57. The van der Waals surface area contributed by atoms with Crippen LogP contribution < -0.4 is 5.32 Å². The molecule has 2 N–H and O–H groups in total. The van der Waals surface area contributed by atoms with Crippen molar-refractivity contribution in [3.63, 3.8) is 0 Å². The van der Waals surface area contributed by atoms with E-state index in [-0.39, 0.29) is 5.54 Å². The van der Waals surface area contributed by atoms with Gasteiger partial charge in [-0.1, -0.05) is 23.7 Å². The molecule has 0 saturated heterocycles. The molecule has 1 aliphatic heterocycles. The maximum atomic E-state index is 6.20. The minimum atomic E-state index is 0.171. The molecule has 0 bridgehead atoms. The van der Waals surface area contributed by atoms with Crippen LogP contribution in [0.3, 0.4) is 0 Å². The lowest BCUT2D eigenvalue weighted by Crippen LogP contribution is -2.44. The lowest BCUT2D eigenvalue weighted by Gasteiger charge is -2.31. The van der Waals surface area contributed by atoms with Gasteiger partial charge in [-0.05, 0) is 31.9 Å². The molecule has 1 aliphatic rings. The van der Waals surface area contributed by atoms with Crippen LogP contribution in [0.15, 0.2) is 18.2 Å². The number of hydrogen-bond donors (Lipinski definition) is 2. The molecule has 2 nitrogen and oxygen atoms in total. The van der Waals surface area contributed by atoms with E-state index in [1.807, 2.05) is 12.1 Å². The lowest BCUT2D eigenvalue weighted by molar-refractivity contribution is 0.361. The van der Waals surface area contributed by atoms with E-state index >= 15 is 0 Å². The molecule has 0 saturated carbocycles. The molecule has 0 unspecified atom stereocenters. The molecule has 16 heavy (non-hydrogen) atoms. The Kier molecular flexibility index (Phi) is 2.07. The fourth-order valence-electron chi connectivity index (χ4n) is 2.48. The Labute approximate surface area is 100.0 Å². The normalized spacial score (nSPS) is 18.7. The highest BCUT2D eigenvalue weighted by molar-refractivity contribution is 6.35. The van der Waals surface area contributed by atoms with Crippen LogP contribution in [0, 0.1) is 0 Å². The number of nitrogens with one attached hydrogen (secondary N) is 2. The van der Waals surface area contributed by atoms with Crippen molar-refractivity contribution in [3.8, 4) is 0 Å². The number of fused-ring (bicyclic) bond motifs is 3. The second-order valence-electron chi connectivity index (χ2n) is 5.16. The van der Waals surface area contributed by atoms with Crippen LogP contribution in [-0.2, 0) is 13.0 Å². The van der Waals surface area contributed by atoms with Gasteiger partial charge in [0, 0.05) is 23.2 Å². The Hall–Kier alpha value is -0.990. The van der Waals surface area contributed by atoms with Gasteiger partial charge in [-0.15, -0.1) is 0 Å². The van der Waals surface area contributed by atoms with Crippen molar-refractivity contribution < 1.29 is 0 Å². The molecule has 3 rings (SSSR count). The van der Waals surface area contributed by atoms with E-state index in [0.717, 1.165) is 23.5 Å². The molecule has 84 valence electrons.